The molecule has 1 aliphatic rings. The van der Waals surface area contributed by atoms with Crippen LogP contribution in [0.2, 0.25) is 0 Å². The minimum absolute atomic E-state index is 0.222. The zero-order valence-corrected chi connectivity index (χ0v) is 28.3. The Morgan fingerprint density at radius 1 is 0.844 bits per heavy atom. The number of alkyl carbamates (subject to hydrolysis) is 1. The van der Waals surface area contributed by atoms with E-state index in [0.29, 0.717) is 6.42 Å². The van der Waals surface area contributed by atoms with Crippen LogP contribution in [0.25, 0.3) is 0 Å². The fourth-order valence-electron chi connectivity index (χ4n) is 4.63. The summed E-state index contributed by atoms with van der Waals surface area (Å²) >= 11 is 17.0. The molecule has 6 atom stereocenters. The van der Waals surface area contributed by atoms with E-state index >= 15 is 0 Å². The molecule has 1 rings (SSSR count). The normalized spacial score (nSPS) is 22.1. The highest BCUT2D eigenvalue weighted by molar-refractivity contribution is 6.67. The number of alkyl halides is 3. The predicted octanol–water partition coefficient (Wildman–Crippen LogP) is 4.79. The molecule has 3 N–H and O–H groups in total. The fraction of sp³-hybridized carbons (Fsp3) is 0.821. The van der Waals surface area contributed by atoms with E-state index in [1.165, 1.54) is 12.8 Å². The maximum absolute atomic E-state index is 12.7. The summed E-state index contributed by atoms with van der Waals surface area (Å²) in [4.78, 5) is 59.9. The zero-order chi connectivity index (χ0) is 34.0. The molecule has 1 heterocycles. The second-order valence-electron chi connectivity index (χ2n) is 10.6. The average molecular weight is 708 g/mol. The standard InChI is InChI=1S/C28H45Cl3N2O12/c1-5-6-7-8-9-10-11-12-13-20(32-26(37)38)14-41-25-22(33-27(39)42-16-28(29,30)31)24(44-19(4)36)23(43-18(3)35)21(45-25)15-40-17(2)34/h20-25,32H,5-16H2,1-4H3,(H,33,39)(H,37,38)/t20-,21-,22-,23-,24-,25-/m1/s1. The SMILES string of the molecule is CCCCCCCCCC[C@H](CO[C@@H]1O[C@H](COC(C)=O)[C@@H](OC(C)=O)[C@H](OC(C)=O)[C@H]1NC(=O)OCC(Cl)(Cl)Cl)NC(=O)O. The third-order valence-electron chi connectivity index (χ3n) is 6.55. The quantitative estimate of drug-likeness (QED) is 0.0723. The number of unbranched alkanes of at least 4 members (excludes halogenated alkanes) is 7. The van der Waals surface area contributed by atoms with Crippen molar-refractivity contribution in [1.29, 1.82) is 0 Å². The summed E-state index contributed by atoms with van der Waals surface area (Å²) in [5, 5.41) is 14.3. The van der Waals surface area contributed by atoms with E-state index in [4.69, 9.17) is 63.2 Å². The van der Waals surface area contributed by atoms with Gasteiger partial charge < -0.3 is 44.2 Å². The van der Waals surface area contributed by atoms with Gasteiger partial charge in [-0.2, -0.15) is 0 Å². The molecule has 0 aromatic heterocycles. The number of ether oxygens (including phenoxy) is 6. The van der Waals surface area contributed by atoms with Crippen LogP contribution in [0.4, 0.5) is 9.59 Å². The van der Waals surface area contributed by atoms with Gasteiger partial charge in [-0.15, -0.1) is 0 Å². The number of hydrogen-bond acceptors (Lipinski definition) is 11. The van der Waals surface area contributed by atoms with E-state index < -0.39 is 83.8 Å². The summed E-state index contributed by atoms with van der Waals surface area (Å²) in [5.41, 5.74) is 0. The van der Waals surface area contributed by atoms with Gasteiger partial charge in [-0.3, -0.25) is 14.4 Å². The van der Waals surface area contributed by atoms with Gasteiger partial charge in [-0.25, -0.2) is 9.59 Å². The van der Waals surface area contributed by atoms with Gasteiger partial charge in [0.05, 0.1) is 12.6 Å². The number of carboxylic acid groups (broad SMARTS) is 1. The van der Waals surface area contributed by atoms with Crippen molar-refractivity contribution in [3.05, 3.63) is 0 Å². The molecule has 0 aromatic rings. The molecule has 0 radical (unpaired) electrons. The summed E-state index contributed by atoms with van der Waals surface area (Å²) in [6.07, 6.45) is 0.987. The minimum atomic E-state index is -1.94. The molecule has 0 spiro atoms. The molecule has 1 saturated heterocycles. The summed E-state index contributed by atoms with van der Waals surface area (Å²) in [7, 11) is 0. The molecule has 2 amide bonds. The third kappa shape index (κ3) is 18.5. The molecule has 0 saturated carbocycles. The van der Waals surface area contributed by atoms with Crippen LogP contribution in [-0.2, 0) is 42.8 Å². The van der Waals surface area contributed by atoms with E-state index in [-0.39, 0.29) is 6.61 Å². The molecule has 14 nitrogen and oxygen atoms in total. The summed E-state index contributed by atoms with van der Waals surface area (Å²) < 4.78 is 30.9. The van der Waals surface area contributed by atoms with Gasteiger partial charge >= 0.3 is 30.1 Å². The van der Waals surface area contributed by atoms with Gasteiger partial charge in [0.25, 0.3) is 0 Å². The topological polar surface area (TPSA) is 185 Å². The number of nitrogens with one attached hydrogen (secondary N) is 2. The van der Waals surface area contributed by atoms with E-state index in [0.717, 1.165) is 59.3 Å². The molecule has 0 aromatic carbocycles. The van der Waals surface area contributed by atoms with Gasteiger partial charge in [-0.05, 0) is 6.42 Å². The van der Waals surface area contributed by atoms with Crippen LogP contribution < -0.4 is 10.6 Å². The van der Waals surface area contributed by atoms with Gasteiger partial charge in [-0.1, -0.05) is 93.1 Å². The Kier molecular flexibility index (Phi) is 19.5. The van der Waals surface area contributed by atoms with Crippen LogP contribution in [0.5, 0.6) is 0 Å². The van der Waals surface area contributed by atoms with Crippen LogP contribution in [0, 0.1) is 0 Å². The van der Waals surface area contributed by atoms with Crippen molar-refractivity contribution >= 4 is 64.9 Å². The molecule has 1 fully saturated rings. The van der Waals surface area contributed by atoms with Crippen molar-refractivity contribution in [3.8, 4) is 0 Å². The molecule has 0 aliphatic carbocycles. The highest BCUT2D eigenvalue weighted by Crippen LogP contribution is 2.29. The molecule has 45 heavy (non-hydrogen) atoms. The van der Waals surface area contributed by atoms with Crippen LogP contribution in [0.1, 0.15) is 85.5 Å². The Balaban J connectivity index is 3.20. The highest BCUT2D eigenvalue weighted by atomic mass is 35.6. The van der Waals surface area contributed by atoms with Crippen molar-refractivity contribution in [2.24, 2.45) is 0 Å². The van der Waals surface area contributed by atoms with E-state index in [1.54, 1.807) is 0 Å². The second kappa shape index (κ2) is 21.5. The van der Waals surface area contributed by atoms with Crippen LogP contribution in [0.15, 0.2) is 0 Å². The lowest BCUT2D eigenvalue weighted by Crippen LogP contribution is -2.67. The fourth-order valence-corrected chi connectivity index (χ4v) is 4.79. The molecule has 0 unspecified atom stereocenters. The molecule has 0 bridgehead atoms. The number of halogens is 3. The van der Waals surface area contributed by atoms with Gasteiger partial charge in [0.2, 0.25) is 3.79 Å². The Hall–Kier alpha value is -2.26. The first-order chi connectivity index (χ1) is 21.1. The van der Waals surface area contributed by atoms with Crippen molar-refractivity contribution in [1.82, 2.24) is 10.6 Å². The lowest BCUT2D eigenvalue weighted by atomic mass is 9.96. The number of carbonyl (C=O) groups excluding carboxylic acids is 4. The Morgan fingerprint density at radius 2 is 1.42 bits per heavy atom. The third-order valence-corrected chi connectivity index (χ3v) is 6.88. The maximum atomic E-state index is 12.7. The van der Waals surface area contributed by atoms with Crippen LogP contribution in [0.3, 0.4) is 0 Å². The molecular formula is C28H45Cl3N2O12. The van der Waals surface area contributed by atoms with E-state index in [1.807, 2.05) is 0 Å². The summed E-state index contributed by atoms with van der Waals surface area (Å²) in [5.74, 6) is -2.28. The predicted molar refractivity (Wildman–Crippen MR) is 163 cm³/mol. The number of hydrogen-bond donors (Lipinski definition) is 3. The first-order valence-electron chi connectivity index (χ1n) is 14.9. The van der Waals surface area contributed by atoms with Crippen molar-refractivity contribution in [2.75, 3.05) is 19.8 Å². The Labute approximate surface area is 278 Å². The smallest absolute Gasteiger partial charge is 0.407 e. The lowest BCUT2D eigenvalue weighted by molar-refractivity contribution is -0.278. The van der Waals surface area contributed by atoms with Crippen LogP contribution >= 0.6 is 34.8 Å². The zero-order valence-electron chi connectivity index (χ0n) is 26.0. The van der Waals surface area contributed by atoms with Gasteiger partial charge in [0, 0.05) is 20.8 Å². The number of carbonyl (C=O) groups is 5. The van der Waals surface area contributed by atoms with Crippen molar-refractivity contribution < 1.29 is 57.5 Å². The molecule has 17 heteroatoms. The number of esters is 3. The Bertz CT molecular complexity index is 952. The molecular weight excluding hydrogens is 663 g/mol. The van der Waals surface area contributed by atoms with Gasteiger partial charge in [0.1, 0.15) is 25.4 Å². The molecule has 1 aliphatic heterocycles. The largest absolute Gasteiger partial charge is 0.465 e. The maximum Gasteiger partial charge on any atom is 0.407 e. The average Bonchev–Trinajstić information content (AvgIpc) is 2.92. The first-order valence-corrected chi connectivity index (χ1v) is 16.0. The number of rotatable bonds is 19. The molecule has 260 valence electrons. The van der Waals surface area contributed by atoms with E-state index in [2.05, 4.69) is 17.6 Å². The summed E-state index contributed by atoms with van der Waals surface area (Å²) in [6.45, 7) is 4.19. The van der Waals surface area contributed by atoms with Gasteiger partial charge in [0.15, 0.2) is 18.5 Å². The number of amides is 2. The highest BCUT2D eigenvalue weighted by Gasteiger charge is 2.52. The summed E-state index contributed by atoms with van der Waals surface area (Å²) in [6, 6.07) is -2.06. The monoisotopic (exact) mass is 706 g/mol. The van der Waals surface area contributed by atoms with Crippen molar-refractivity contribution in [3.63, 3.8) is 0 Å². The van der Waals surface area contributed by atoms with E-state index in [9.17, 15) is 29.1 Å². The first kappa shape index (κ1) is 40.8. The lowest BCUT2D eigenvalue weighted by Gasteiger charge is -2.45. The second-order valence-corrected chi connectivity index (χ2v) is 13.1. The van der Waals surface area contributed by atoms with Crippen molar-refractivity contribution in [2.45, 2.75) is 126 Å². The van der Waals surface area contributed by atoms with Crippen LogP contribution in [-0.4, -0.2) is 95.5 Å². The Morgan fingerprint density at radius 3 is 1.96 bits per heavy atom. The minimum Gasteiger partial charge on any atom is -0.465 e.